The van der Waals surface area contributed by atoms with Crippen molar-refractivity contribution in [1.29, 1.82) is 0 Å². The zero-order chi connectivity index (χ0) is 15.1. The van der Waals surface area contributed by atoms with Crippen molar-refractivity contribution in [2.75, 3.05) is 6.26 Å². The van der Waals surface area contributed by atoms with Crippen molar-refractivity contribution in [3.8, 4) is 11.1 Å². The Hall–Kier alpha value is -1.81. The van der Waals surface area contributed by atoms with Crippen LogP contribution < -0.4 is 0 Å². The Balaban J connectivity index is 1.82. The number of pyridine rings is 1. The predicted molar refractivity (Wildman–Crippen MR) is 89.8 cm³/mol. The van der Waals surface area contributed by atoms with E-state index in [9.17, 15) is 4.39 Å². The van der Waals surface area contributed by atoms with Gasteiger partial charge in [0, 0.05) is 29.3 Å². The molecule has 3 aromatic rings. The van der Waals surface area contributed by atoms with E-state index in [1.807, 2.05) is 18.3 Å². The zero-order valence-corrected chi connectivity index (χ0v) is 13.3. The third-order valence-corrected chi connectivity index (χ3v) is 4.92. The van der Waals surface area contributed by atoms with Crippen molar-refractivity contribution in [1.82, 2.24) is 9.38 Å². The van der Waals surface area contributed by atoms with Crippen LogP contribution in [0.4, 0.5) is 4.39 Å². The lowest BCUT2D eigenvalue weighted by atomic mass is 10.1. The number of rotatable bonds is 3. The van der Waals surface area contributed by atoms with Gasteiger partial charge in [-0.3, -0.25) is 0 Å². The molecular formula is C18H17FN2S. The summed E-state index contributed by atoms with van der Waals surface area (Å²) in [4.78, 5) is 4.55. The van der Waals surface area contributed by atoms with Gasteiger partial charge in [-0.15, -0.1) is 0 Å². The van der Waals surface area contributed by atoms with Crippen LogP contribution in [-0.2, 0) is 18.6 Å². The lowest BCUT2D eigenvalue weighted by molar-refractivity contribution is 0.629. The maximum absolute atomic E-state index is 14.5. The van der Waals surface area contributed by atoms with Crippen molar-refractivity contribution in [2.24, 2.45) is 0 Å². The lowest BCUT2D eigenvalue weighted by Gasteiger charge is -2.07. The molecule has 2 aromatic heterocycles. The Kier molecular flexibility index (Phi) is 3.41. The molecule has 0 unspecified atom stereocenters. The molecule has 0 N–H and O–H groups in total. The van der Waals surface area contributed by atoms with Crippen LogP contribution in [0.5, 0.6) is 0 Å². The van der Waals surface area contributed by atoms with Crippen molar-refractivity contribution in [3.05, 3.63) is 59.3 Å². The number of aryl methyl sites for hydroxylation is 2. The van der Waals surface area contributed by atoms with E-state index in [1.54, 1.807) is 17.8 Å². The predicted octanol–water partition coefficient (Wildman–Crippen LogP) is 4.49. The van der Waals surface area contributed by atoms with E-state index in [1.165, 1.54) is 11.3 Å². The van der Waals surface area contributed by atoms with E-state index < -0.39 is 0 Å². The van der Waals surface area contributed by atoms with Crippen LogP contribution in [0, 0.1) is 5.82 Å². The van der Waals surface area contributed by atoms with E-state index in [-0.39, 0.29) is 5.82 Å². The average Bonchev–Trinajstić information content (AvgIpc) is 3.08. The fourth-order valence-electron chi connectivity index (χ4n) is 3.21. The molecule has 4 rings (SSSR count). The van der Waals surface area contributed by atoms with Gasteiger partial charge in [-0.05, 0) is 36.6 Å². The van der Waals surface area contributed by atoms with E-state index in [0.29, 0.717) is 5.56 Å². The molecule has 0 spiro atoms. The molecule has 0 aliphatic heterocycles. The molecule has 112 valence electrons. The number of nitrogens with zero attached hydrogens (tertiary/aromatic N) is 2. The van der Waals surface area contributed by atoms with Crippen molar-refractivity contribution in [2.45, 2.75) is 25.0 Å². The monoisotopic (exact) mass is 312 g/mol. The Bertz CT molecular complexity index is 836. The maximum Gasteiger partial charge on any atom is 0.140 e. The summed E-state index contributed by atoms with van der Waals surface area (Å²) in [5.41, 5.74) is 5.94. The minimum absolute atomic E-state index is 0.200. The fourth-order valence-corrected chi connectivity index (χ4v) is 3.74. The number of hydrogen-bond acceptors (Lipinski definition) is 2. The first-order chi connectivity index (χ1) is 10.8. The molecule has 2 heterocycles. The van der Waals surface area contributed by atoms with Crippen molar-refractivity contribution in [3.63, 3.8) is 0 Å². The number of thioether (sulfide) groups is 1. The summed E-state index contributed by atoms with van der Waals surface area (Å²) in [5.74, 6) is 0.783. The minimum atomic E-state index is -0.200. The highest BCUT2D eigenvalue weighted by atomic mass is 32.2. The van der Waals surface area contributed by atoms with Gasteiger partial charge in [-0.25, -0.2) is 9.37 Å². The summed E-state index contributed by atoms with van der Waals surface area (Å²) in [7, 11) is 0. The molecule has 0 atom stereocenters. The van der Waals surface area contributed by atoms with Gasteiger partial charge in [-0.1, -0.05) is 24.3 Å². The Labute approximate surface area is 133 Å². The molecule has 1 aromatic carbocycles. The van der Waals surface area contributed by atoms with Crippen LogP contribution in [0.1, 0.15) is 23.4 Å². The van der Waals surface area contributed by atoms with E-state index >= 15 is 0 Å². The molecular weight excluding hydrogens is 295 g/mol. The molecule has 1 aliphatic rings. The molecule has 0 fully saturated rings. The van der Waals surface area contributed by atoms with Gasteiger partial charge in [0.15, 0.2) is 0 Å². The first-order valence-electron chi connectivity index (χ1n) is 7.54. The molecule has 1 aliphatic carbocycles. The minimum Gasteiger partial charge on any atom is -0.303 e. The van der Waals surface area contributed by atoms with Crippen molar-refractivity contribution >= 4 is 17.4 Å². The molecule has 4 heteroatoms. The third kappa shape index (κ3) is 2.22. The summed E-state index contributed by atoms with van der Waals surface area (Å²) in [5, 5.41) is 0. The fraction of sp³-hybridized carbons (Fsp3) is 0.278. The first kappa shape index (κ1) is 13.8. The third-order valence-electron chi connectivity index (χ3n) is 4.29. The maximum atomic E-state index is 14.5. The van der Waals surface area contributed by atoms with Crippen LogP contribution >= 0.6 is 11.8 Å². The van der Waals surface area contributed by atoms with E-state index in [0.717, 1.165) is 41.9 Å². The van der Waals surface area contributed by atoms with Gasteiger partial charge in [0.25, 0.3) is 0 Å². The summed E-state index contributed by atoms with van der Waals surface area (Å²) < 4.78 is 16.5. The van der Waals surface area contributed by atoms with Crippen LogP contribution in [0.15, 0.2) is 36.5 Å². The normalized spacial score (nSPS) is 13.7. The topological polar surface area (TPSA) is 17.3 Å². The smallest absolute Gasteiger partial charge is 0.140 e. The van der Waals surface area contributed by atoms with Crippen molar-refractivity contribution < 1.29 is 4.39 Å². The molecule has 0 amide bonds. The van der Waals surface area contributed by atoms with Gasteiger partial charge in [0.1, 0.15) is 11.5 Å². The van der Waals surface area contributed by atoms with Gasteiger partial charge in [0.05, 0.1) is 5.69 Å². The first-order valence-corrected chi connectivity index (χ1v) is 8.93. The zero-order valence-electron chi connectivity index (χ0n) is 12.5. The number of aromatic nitrogens is 2. The van der Waals surface area contributed by atoms with Crippen LogP contribution in [0.3, 0.4) is 0 Å². The van der Waals surface area contributed by atoms with Crippen LogP contribution in [0.25, 0.3) is 16.8 Å². The molecule has 0 radical (unpaired) electrons. The van der Waals surface area contributed by atoms with Crippen LogP contribution in [0.2, 0.25) is 0 Å². The SMILES string of the molecule is CSCc1ccc(-c2cn3c4c(nc3cc2F)CCC4)cc1. The van der Waals surface area contributed by atoms with Gasteiger partial charge < -0.3 is 4.40 Å². The number of fused-ring (bicyclic) bond motifs is 3. The number of hydrogen-bond donors (Lipinski definition) is 0. The second-order valence-corrected chi connectivity index (χ2v) is 6.62. The lowest BCUT2D eigenvalue weighted by Crippen LogP contribution is -1.95. The largest absolute Gasteiger partial charge is 0.303 e. The Morgan fingerprint density at radius 1 is 1.23 bits per heavy atom. The highest BCUT2D eigenvalue weighted by Crippen LogP contribution is 2.29. The molecule has 0 saturated carbocycles. The van der Waals surface area contributed by atoms with Crippen LogP contribution in [-0.4, -0.2) is 15.6 Å². The second kappa shape index (κ2) is 5.43. The van der Waals surface area contributed by atoms with E-state index in [2.05, 4.69) is 27.8 Å². The Morgan fingerprint density at radius 2 is 2.05 bits per heavy atom. The highest BCUT2D eigenvalue weighted by Gasteiger charge is 2.19. The summed E-state index contributed by atoms with van der Waals surface area (Å²) in [6.07, 6.45) is 7.19. The summed E-state index contributed by atoms with van der Waals surface area (Å²) in [6, 6.07) is 9.73. The summed E-state index contributed by atoms with van der Waals surface area (Å²) in [6.45, 7) is 0. The summed E-state index contributed by atoms with van der Waals surface area (Å²) >= 11 is 1.79. The van der Waals surface area contributed by atoms with Gasteiger partial charge >= 0.3 is 0 Å². The number of benzene rings is 1. The molecule has 0 bridgehead atoms. The molecule has 2 nitrogen and oxygen atoms in total. The number of imidazole rings is 1. The Morgan fingerprint density at radius 3 is 2.82 bits per heavy atom. The second-order valence-electron chi connectivity index (χ2n) is 5.75. The highest BCUT2D eigenvalue weighted by molar-refractivity contribution is 7.97. The average molecular weight is 312 g/mol. The van der Waals surface area contributed by atoms with Gasteiger partial charge in [-0.2, -0.15) is 11.8 Å². The molecule has 0 saturated heterocycles. The van der Waals surface area contributed by atoms with Gasteiger partial charge in [0.2, 0.25) is 0 Å². The molecule has 22 heavy (non-hydrogen) atoms. The number of halogens is 1. The quantitative estimate of drug-likeness (QED) is 0.709. The van der Waals surface area contributed by atoms with E-state index in [4.69, 9.17) is 0 Å². The standard InChI is InChI=1S/C18H17FN2S/c1-22-11-12-5-7-13(8-6-12)14-10-21-17-4-2-3-16(17)20-18(21)9-15(14)19/h5-10H,2-4,11H2,1H3.